The van der Waals surface area contributed by atoms with E-state index in [1.165, 1.54) is 0 Å². The van der Waals surface area contributed by atoms with Gasteiger partial charge in [-0.15, -0.1) is 11.3 Å². The lowest BCUT2D eigenvalue weighted by atomic mass is 10.0. The van der Waals surface area contributed by atoms with Crippen molar-refractivity contribution in [1.82, 2.24) is 9.29 Å². The SMILES string of the molecule is Cc1nc(-c2ccc(C(C)C)c(S(=O)(=O)N3CCN(c4cc(Cl)ccc4C)CC3)c2)cs1. The third-order valence-corrected chi connectivity index (χ3v) is 8.88. The lowest BCUT2D eigenvalue weighted by Gasteiger charge is -2.36. The fourth-order valence-corrected chi connectivity index (χ4v) is 6.71. The molecule has 8 heteroatoms. The topological polar surface area (TPSA) is 53.5 Å². The summed E-state index contributed by atoms with van der Waals surface area (Å²) < 4.78 is 29.1. The second-order valence-corrected chi connectivity index (χ2v) is 11.9. The highest BCUT2D eigenvalue weighted by Crippen LogP contribution is 2.33. The van der Waals surface area contributed by atoms with Gasteiger partial charge < -0.3 is 4.90 Å². The van der Waals surface area contributed by atoms with Crippen LogP contribution < -0.4 is 4.90 Å². The molecule has 5 nitrogen and oxygen atoms in total. The number of aromatic nitrogens is 1. The summed E-state index contributed by atoms with van der Waals surface area (Å²) in [6.07, 6.45) is 0. The molecular formula is C24H28ClN3O2S2. The third-order valence-electron chi connectivity index (χ3n) is 5.92. The first-order valence-corrected chi connectivity index (χ1v) is 13.4. The zero-order valence-corrected chi connectivity index (χ0v) is 21.2. The number of benzene rings is 2. The molecule has 0 aliphatic carbocycles. The van der Waals surface area contributed by atoms with Gasteiger partial charge in [-0.25, -0.2) is 13.4 Å². The molecule has 0 atom stereocenters. The third kappa shape index (κ3) is 4.57. The molecule has 170 valence electrons. The van der Waals surface area contributed by atoms with Crippen molar-refractivity contribution in [1.29, 1.82) is 0 Å². The van der Waals surface area contributed by atoms with Crippen molar-refractivity contribution >= 4 is 38.6 Å². The molecule has 0 N–H and O–H groups in total. The molecule has 4 rings (SSSR count). The van der Waals surface area contributed by atoms with Gasteiger partial charge >= 0.3 is 0 Å². The minimum absolute atomic E-state index is 0.0985. The maximum atomic E-state index is 13.7. The molecule has 1 saturated heterocycles. The highest BCUT2D eigenvalue weighted by Gasteiger charge is 2.31. The van der Waals surface area contributed by atoms with E-state index < -0.39 is 10.0 Å². The smallest absolute Gasteiger partial charge is 0.243 e. The standard InChI is InChI=1S/C24H28ClN3O2S2/c1-16(2)21-8-6-19(22-15-31-18(4)26-22)13-24(21)32(29,30)28-11-9-27(10-12-28)23-14-20(25)7-5-17(23)3/h5-8,13-16H,9-12H2,1-4H3. The highest BCUT2D eigenvalue weighted by atomic mass is 35.5. The molecule has 3 aromatic rings. The number of thiazole rings is 1. The largest absolute Gasteiger partial charge is 0.369 e. The Bertz CT molecular complexity index is 1230. The van der Waals surface area contributed by atoms with Crippen LogP contribution in [0.3, 0.4) is 0 Å². The maximum absolute atomic E-state index is 13.7. The minimum atomic E-state index is -3.63. The first kappa shape index (κ1) is 23.2. The predicted octanol–water partition coefficient (Wildman–Crippen LogP) is 5.71. The van der Waals surface area contributed by atoms with Crippen LogP contribution in [0.2, 0.25) is 5.02 Å². The quantitative estimate of drug-likeness (QED) is 0.460. The van der Waals surface area contributed by atoms with E-state index in [2.05, 4.69) is 16.8 Å². The van der Waals surface area contributed by atoms with Gasteiger partial charge in [-0.2, -0.15) is 4.31 Å². The molecule has 1 aliphatic heterocycles. The van der Waals surface area contributed by atoms with Crippen LogP contribution in [0.1, 0.15) is 35.9 Å². The van der Waals surface area contributed by atoms with E-state index >= 15 is 0 Å². The number of hydrogen-bond donors (Lipinski definition) is 0. The lowest BCUT2D eigenvalue weighted by molar-refractivity contribution is 0.384. The van der Waals surface area contributed by atoms with E-state index in [4.69, 9.17) is 11.6 Å². The molecule has 2 aromatic carbocycles. The molecule has 32 heavy (non-hydrogen) atoms. The number of sulfonamides is 1. The van der Waals surface area contributed by atoms with Crippen LogP contribution in [0.4, 0.5) is 5.69 Å². The number of rotatable bonds is 5. The molecule has 1 fully saturated rings. The van der Waals surface area contributed by atoms with Crippen molar-refractivity contribution in [2.24, 2.45) is 0 Å². The summed E-state index contributed by atoms with van der Waals surface area (Å²) in [6.45, 7) is 10.2. The summed E-state index contributed by atoms with van der Waals surface area (Å²) in [7, 11) is -3.63. The Hall–Kier alpha value is -1.93. The second-order valence-electron chi connectivity index (χ2n) is 8.48. The molecule has 0 spiro atoms. The number of halogens is 1. The fourth-order valence-electron chi connectivity index (χ4n) is 4.12. The predicted molar refractivity (Wildman–Crippen MR) is 134 cm³/mol. The van der Waals surface area contributed by atoms with Gasteiger partial charge in [0.1, 0.15) is 0 Å². The summed E-state index contributed by atoms with van der Waals surface area (Å²) in [5.74, 6) is 0.0985. The van der Waals surface area contributed by atoms with Gasteiger partial charge in [0, 0.05) is 47.8 Å². The second kappa shape index (κ2) is 9.14. The van der Waals surface area contributed by atoms with Gasteiger partial charge in [0.2, 0.25) is 10.0 Å². The Morgan fingerprint density at radius 2 is 1.75 bits per heavy atom. The summed E-state index contributed by atoms with van der Waals surface area (Å²) in [6, 6.07) is 11.5. The van der Waals surface area contributed by atoms with E-state index in [-0.39, 0.29) is 5.92 Å². The van der Waals surface area contributed by atoms with E-state index in [1.54, 1.807) is 21.7 Å². The van der Waals surface area contributed by atoms with E-state index in [0.29, 0.717) is 36.1 Å². The Kier molecular flexibility index (Phi) is 6.63. The molecule has 1 aliphatic rings. The summed E-state index contributed by atoms with van der Waals surface area (Å²) in [4.78, 5) is 7.15. The van der Waals surface area contributed by atoms with Crippen molar-refractivity contribution in [2.45, 2.75) is 38.5 Å². The number of hydrogen-bond acceptors (Lipinski definition) is 5. The number of anilines is 1. The maximum Gasteiger partial charge on any atom is 0.243 e. The molecular weight excluding hydrogens is 462 g/mol. The molecule has 0 bridgehead atoms. The molecule has 1 aromatic heterocycles. The van der Waals surface area contributed by atoms with E-state index in [1.807, 2.05) is 56.5 Å². The van der Waals surface area contributed by atoms with Crippen LogP contribution >= 0.6 is 22.9 Å². The minimum Gasteiger partial charge on any atom is -0.369 e. The van der Waals surface area contributed by atoms with Crippen molar-refractivity contribution in [3.63, 3.8) is 0 Å². The first-order chi connectivity index (χ1) is 15.2. The van der Waals surface area contributed by atoms with Crippen molar-refractivity contribution in [3.05, 3.63) is 62.9 Å². The molecule has 0 unspecified atom stereocenters. The zero-order valence-electron chi connectivity index (χ0n) is 18.8. The van der Waals surface area contributed by atoms with Gasteiger partial charge in [-0.1, -0.05) is 43.6 Å². The average Bonchev–Trinajstić information content (AvgIpc) is 3.21. The van der Waals surface area contributed by atoms with Gasteiger partial charge in [0.05, 0.1) is 15.6 Å². The fraction of sp³-hybridized carbons (Fsp3) is 0.375. The first-order valence-electron chi connectivity index (χ1n) is 10.7. The van der Waals surface area contributed by atoms with E-state index in [9.17, 15) is 8.42 Å². The van der Waals surface area contributed by atoms with Crippen LogP contribution in [0, 0.1) is 13.8 Å². The number of piperazine rings is 1. The summed E-state index contributed by atoms with van der Waals surface area (Å²) >= 11 is 7.76. The molecule has 0 saturated carbocycles. The Morgan fingerprint density at radius 3 is 2.38 bits per heavy atom. The summed E-state index contributed by atoms with van der Waals surface area (Å²) in [5.41, 5.74) is 4.71. The highest BCUT2D eigenvalue weighted by molar-refractivity contribution is 7.89. The molecule has 2 heterocycles. The van der Waals surface area contributed by atoms with Crippen LogP contribution in [-0.2, 0) is 10.0 Å². The van der Waals surface area contributed by atoms with Crippen molar-refractivity contribution in [3.8, 4) is 11.3 Å². The van der Waals surface area contributed by atoms with Gasteiger partial charge in [-0.05, 0) is 49.1 Å². The normalized spacial score (nSPS) is 15.5. The zero-order chi connectivity index (χ0) is 23.0. The van der Waals surface area contributed by atoms with Crippen LogP contribution in [-0.4, -0.2) is 43.9 Å². The van der Waals surface area contributed by atoms with Gasteiger partial charge in [0.15, 0.2) is 0 Å². The molecule has 0 amide bonds. The lowest BCUT2D eigenvalue weighted by Crippen LogP contribution is -2.49. The number of nitrogens with zero attached hydrogens (tertiary/aromatic N) is 3. The van der Waals surface area contributed by atoms with Crippen molar-refractivity contribution in [2.75, 3.05) is 31.1 Å². The van der Waals surface area contributed by atoms with Crippen LogP contribution in [0.5, 0.6) is 0 Å². The Labute approximate surface area is 199 Å². The molecule has 0 radical (unpaired) electrons. The van der Waals surface area contributed by atoms with Crippen LogP contribution in [0.15, 0.2) is 46.7 Å². The van der Waals surface area contributed by atoms with E-state index in [0.717, 1.165) is 33.1 Å². The van der Waals surface area contributed by atoms with Gasteiger partial charge in [0.25, 0.3) is 0 Å². The Morgan fingerprint density at radius 1 is 1.03 bits per heavy atom. The average molecular weight is 490 g/mol. The van der Waals surface area contributed by atoms with Crippen molar-refractivity contribution < 1.29 is 8.42 Å². The Balaban J connectivity index is 1.62. The van der Waals surface area contributed by atoms with Crippen LogP contribution in [0.25, 0.3) is 11.3 Å². The monoisotopic (exact) mass is 489 g/mol. The number of aryl methyl sites for hydroxylation is 2. The summed E-state index contributed by atoms with van der Waals surface area (Å²) in [5, 5.41) is 3.63. The van der Waals surface area contributed by atoms with Gasteiger partial charge in [-0.3, -0.25) is 0 Å².